The summed E-state index contributed by atoms with van der Waals surface area (Å²) in [5.41, 5.74) is 0.0815. The SMILES string of the molecule is CC(C)(C)S(=O)(=O)CCC1(CCl)CCCCC1. The van der Waals surface area contributed by atoms with Crippen molar-refractivity contribution in [3.05, 3.63) is 0 Å². The Morgan fingerprint density at radius 2 is 1.65 bits per heavy atom. The molecular weight excluding hydrogens is 256 g/mol. The Kier molecular flexibility index (Phi) is 4.93. The van der Waals surface area contributed by atoms with Gasteiger partial charge in [-0.25, -0.2) is 8.42 Å². The summed E-state index contributed by atoms with van der Waals surface area (Å²) in [7, 11) is -3.00. The van der Waals surface area contributed by atoms with Gasteiger partial charge in [-0.1, -0.05) is 19.3 Å². The fourth-order valence-electron chi connectivity index (χ4n) is 2.41. The van der Waals surface area contributed by atoms with E-state index >= 15 is 0 Å². The lowest BCUT2D eigenvalue weighted by molar-refractivity contribution is 0.213. The molecule has 17 heavy (non-hydrogen) atoms. The van der Waals surface area contributed by atoms with E-state index in [1.54, 1.807) is 20.8 Å². The molecule has 0 heterocycles. The summed E-state index contributed by atoms with van der Waals surface area (Å²) >= 11 is 6.09. The van der Waals surface area contributed by atoms with Crippen LogP contribution in [0.25, 0.3) is 0 Å². The molecule has 4 heteroatoms. The first-order valence-corrected chi connectivity index (χ1v) is 8.69. The Hall–Kier alpha value is 0.240. The highest BCUT2D eigenvalue weighted by molar-refractivity contribution is 7.92. The molecule has 1 rings (SSSR count). The second kappa shape index (κ2) is 5.48. The summed E-state index contributed by atoms with van der Waals surface area (Å²) in [6, 6.07) is 0. The van der Waals surface area contributed by atoms with Crippen molar-refractivity contribution in [2.75, 3.05) is 11.6 Å². The predicted octanol–water partition coefficient (Wildman–Crippen LogP) is 3.78. The third-order valence-corrected chi connectivity index (χ3v) is 7.21. The lowest BCUT2D eigenvalue weighted by Gasteiger charge is -2.36. The molecule has 2 nitrogen and oxygen atoms in total. The molecule has 0 aromatic rings. The van der Waals surface area contributed by atoms with Gasteiger partial charge in [0.05, 0.1) is 10.5 Å². The lowest BCUT2D eigenvalue weighted by atomic mass is 9.74. The second-order valence-corrected chi connectivity index (χ2v) is 9.51. The van der Waals surface area contributed by atoms with Crippen molar-refractivity contribution in [1.82, 2.24) is 0 Å². The molecule has 0 N–H and O–H groups in total. The van der Waals surface area contributed by atoms with Crippen molar-refractivity contribution in [3.8, 4) is 0 Å². The normalized spacial score (nSPS) is 21.4. The van der Waals surface area contributed by atoms with Gasteiger partial charge in [0, 0.05) is 5.88 Å². The topological polar surface area (TPSA) is 34.1 Å². The van der Waals surface area contributed by atoms with E-state index in [9.17, 15) is 8.42 Å². The van der Waals surface area contributed by atoms with E-state index in [-0.39, 0.29) is 11.2 Å². The summed E-state index contributed by atoms with van der Waals surface area (Å²) in [6.45, 7) is 5.32. The molecule has 0 spiro atoms. The average molecular weight is 281 g/mol. The molecule has 0 amide bonds. The predicted molar refractivity (Wildman–Crippen MR) is 74.4 cm³/mol. The maximum Gasteiger partial charge on any atom is 0.155 e. The molecule has 102 valence electrons. The zero-order chi connectivity index (χ0) is 13.2. The standard InChI is InChI=1S/C13H25ClO2S/c1-12(2,3)17(15,16)10-9-13(11-14)7-5-4-6-8-13/h4-11H2,1-3H3. The smallest absolute Gasteiger partial charge is 0.155 e. The van der Waals surface area contributed by atoms with Crippen molar-refractivity contribution in [1.29, 1.82) is 0 Å². The maximum atomic E-state index is 12.1. The number of alkyl halides is 1. The third kappa shape index (κ3) is 3.85. The number of rotatable bonds is 4. The average Bonchev–Trinajstić information content (AvgIpc) is 2.26. The Bertz CT molecular complexity index is 335. The molecule has 1 aliphatic rings. The molecule has 1 fully saturated rings. The quantitative estimate of drug-likeness (QED) is 0.735. The highest BCUT2D eigenvalue weighted by atomic mass is 35.5. The van der Waals surface area contributed by atoms with Crippen LogP contribution in [0.3, 0.4) is 0 Å². The summed E-state index contributed by atoms with van der Waals surface area (Å²) in [4.78, 5) is 0. The van der Waals surface area contributed by atoms with E-state index < -0.39 is 14.6 Å². The zero-order valence-corrected chi connectivity index (χ0v) is 12.8. The van der Waals surface area contributed by atoms with Gasteiger partial charge in [0.2, 0.25) is 0 Å². The molecule has 0 aromatic carbocycles. The van der Waals surface area contributed by atoms with Crippen LogP contribution in [0.5, 0.6) is 0 Å². The molecule has 0 aromatic heterocycles. The molecule has 0 aliphatic heterocycles. The van der Waals surface area contributed by atoms with E-state index in [0.717, 1.165) is 19.3 Å². The number of hydrogen-bond donors (Lipinski definition) is 0. The third-order valence-electron chi connectivity index (χ3n) is 4.03. The molecule has 0 saturated heterocycles. The summed E-state index contributed by atoms with van der Waals surface area (Å²) < 4.78 is 23.6. The molecule has 1 aliphatic carbocycles. The fourth-order valence-corrected chi connectivity index (χ4v) is 4.12. The summed E-state index contributed by atoms with van der Waals surface area (Å²) in [5.74, 6) is 0.885. The monoisotopic (exact) mass is 280 g/mol. The molecule has 0 unspecified atom stereocenters. The number of sulfone groups is 1. The van der Waals surface area contributed by atoms with E-state index in [4.69, 9.17) is 11.6 Å². The Morgan fingerprint density at radius 1 is 1.12 bits per heavy atom. The van der Waals surface area contributed by atoms with Crippen LogP contribution < -0.4 is 0 Å². The van der Waals surface area contributed by atoms with Crippen molar-refractivity contribution in [2.24, 2.45) is 5.41 Å². The van der Waals surface area contributed by atoms with Gasteiger partial charge >= 0.3 is 0 Å². The Balaban J connectivity index is 2.65. The maximum absolute atomic E-state index is 12.1. The first-order valence-electron chi connectivity index (χ1n) is 6.51. The van der Waals surface area contributed by atoms with Crippen molar-refractivity contribution in [2.45, 2.75) is 64.0 Å². The van der Waals surface area contributed by atoms with Gasteiger partial charge in [0.25, 0.3) is 0 Å². The van der Waals surface area contributed by atoms with Gasteiger partial charge < -0.3 is 0 Å². The minimum Gasteiger partial charge on any atom is -0.228 e. The van der Waals surface area contributed by atoms with Gasteiger partial charge in [-0.3, -0.25) is 0 Å². The largest absolute Gasteiger partial charge is 0.228 e. The van der Waals surface area contributed by atoms with Crippen LogP contribution in [0.2, 0.25) is 0 Å². The van der Waals surface area contributed by atoms with Crippen LogP contribution in [-0.4, -0.2) is 24.8 Å². The van der Waals surface area contributed by atoms with Gasteiger partial charge in [-0.05, 0) is 45.4 Å². The lowest BCUT2D eigenvalue weighted by Crippen LogP contribution is -2.35. The van der Waals surface area contributed by atoms with Gasteiger partial charge in [0.1, 0.15) is 0 Å². The summed E-state index contributed by atoms with van der Waals surface area (Å²) in [5, 5.41) is 0. The summed E-state index contributed by atoms with van der Waals surface area (Å²) in [6.07, 6.45) is 6.58. The first kappa shape index (κ1) is 15.3. The Morgan fingerprint density at radius 3 is 2.06 bits per heavy atom. The molecular formula is C13H25ClO2S. The van der Waals surface area contributed by atoms with Gasteiger partial charge in [-0.2, -0.15) is 0 Å². The number of hydrogen-bond acceptors (Lipinski definition) is 2. The molecule has 1 saturated carbocycles. The van der Waals surface area contributed by atoms with Crippen LogP contribution in [0.4, 0.5) is 0 Å². The van der Waals surface area contributed by atoms with Gasteiger partial charge in [-0.15, -0.1) is 11.6 Å². The van der Waals surface area contributed by atoms with Gasteiger partial charge in [0.15, 0.2) is 9.84 Å². The zero-order valence-electron chi connectivity index (χ0n) is 11.3. The Labute approximate surface area is 111 Å². The van der Waals surface area contributed by atoms with E-state index in [0.29, 0.717) is 5.88 Å². The van der Waals surface area contributed by atoms with Crippen molar-refractivity contribution in [3.63, 3.8) is 0 Å². The van der Waals surface area contributed by atoms with Crippen LogP contribution in [0.15, 0.2) is 0 Å². The van der Waals surface area contributed by atoms with Crippen LogP contribution in [-0.2, 0) is 9.84 Å². The minimum absolute atomic E-state index is 0.0815. The van der Waals surface area contributed by atoms with Crippen LogP contribution in [0.1, 0.15) is 59.3 Å². The highest BCUT2D eigenvalue weighted by Gasteiger charge is 2.35. The van der Waals surface area contributed by atoms with Crippen LogP contribution >= 0.6 is 11.6 Å². The molecule has 0 bridgehead atoms. The van der Waals surface area contributed by atoms with Crippen LogP contribution in [0, 0.1) is 5.41 Å². The number of halogens is 1. The minimum atomic E-state index is -3.00. The highest BCUT2D eigenvalue weighted by Crippen LogP contribution is 2.41. The molecule has 0 radical (unpaired) electrons. The van der Waals surface area contributed by atoms with E-state index in [1.165, 1.54) is 19.3 Å². The van der Waals surface area contributed by atoms with E-state index in [1.807, 2.05) is 0 Å². The second-order valence-electron chi connectivity index (χ2n) is 6.38. The van der Waals surface area contributed by atoms with Crippen molar-refractivity contribution < 1.29 is 8.42 Å². The molecule has 0 atom stereocenters. The fraction of sp³-hybridized carbons (Fsp3) is 1.00. The van der Waals surface area contributed by atoms with E-state index in [2.05, 4.69) is 0 Å². The first-order chi connectivity index (χ1) is 7.72. The van der Waals surface area contributed by atoms with Crippen molar-refractivity contribution >= 4 is 21.4 Å².